The number of alkyl halides is 2. The smallest absolute Gasteiger partial charge is 0.322 e. The van der Waals surface area contributed by atoms with E-state index in [1.165, 1.54) is 24.3 Å². The van der Waals surface area contributed by atoms with Crippen LogP contribution in [0.4, 0.5) is 14.5 Å². The van der Waals surface area contributed by atoms with Gasteiger partial charge in [-0.1, -0.05) is 12.1 Å². The molecule has 76 valence electrons. The fourth-order valence-corrected chi connectivity index (χ4v) is 0.924. The Kier molecular flexibility index (Phi) is 3.39. The number of rotatable bonds is 4. The highest BCUT2D eigenvalue weighted by atomic mass is 19.3. The first-order chi connectivity index (χ1) is 6.59. The van der Waals surface area contributed by atoms with Crippen LogP contribution in [0.5, 0.6) is 0 Å². The van der Waals surface area contributed by atoms with E-state index in [0.29, 0.717) is 5.69 Å². The summed E-state index contributed by atoms with van der Waals surface area (Å²) in [4.78, 5) is 10.2. The second kappa shape index (κ2) is 4.55. The zero-order chi connectivity index (χ0) is 10.6. The first kappa shape index (κ1) is 10.4. The Hall–Kier alpha value is -1.65. The molecule has 0 saturated heterocycles. The Balaban J connectivity index is 2.59. The van der Waals surface area contributed by atoms with Gasteiger partial charge in [-0.05, 0) is 12.1 Å². The van der Waals surface area contributed by atoms with Gasteiger partial charge >= 0.3 is 5.97 Å². The molecule has 0 saturated carbocycles. The summed E-state index contributed by atoms with van der Waals surface area (Å²) in [5, 5.41) is 10.9. The van der Waals surface area contributed by atoms with E-state index in [4.69, 9.17) is 5.11 Å². The van der Waals surface area contributed by atoms with Crippen molar-refractivity contribution < 1.29 is 18.7 Å². The fraction of sp³-hybridized carbons (Fsp3) is 0.222. The Morgan fingerprint density at radius 3 is 2.36 bits per heavy atom. The van der Waals surface area contributed by atoms with Gasteiger partial charge < -0.3 is 10.4 Å². The highest BCUT2D eigenvalue weighted by Crippen LogP contribution is 2.20. The first-order valence-electron chi connectivity index (χ1n) is 3.93. The van der Waals surface area contributed by atoms with Gasteiger partial charge in [0.1, 0.15) is 6.54 Å². The SMILES string of the molecule is O=C(O)CNc1ccc(C(F)F)cc1. The molecule has 0 radical (unpaired) electrons. The van der Waals surface area contributed by atoms with E-state index in [2.05, 4.69) is 5.32 Å². The third kappa shape index (κ3) is 3.01. The third-order valence-electron chi connectivity index (χ3n) is 1.61. The van der Waals surface area contributed by atoms with Gasteiger partial charge in [0, 0.05) is 11.3 Å². The lowest BCUT2D eigenvalue weighted by molar-refractivity contribution is -0.134. The van der Waals surface area contributed by atoms with E-state index in [1.807, 2.05) is 0 Å². The van der Waals surface area contributed by atoms with E-state index in [-0.39, 0.29) is 12.1 Å². The van der Waals surface area contributed by atoms with E-state index in [0.717, 1.165) is 0 Å². The number of hydrogen-bond acceptors (Lipinski definition) is 2. The van der Waals surface area contributed by atoms with Gasteiger partial charge in [-0.2, -0.15) is 0 Å². The van der Waals surface area contributed by atoms with Crippen molar-refractivity contribution in [2.75, 3.05) is 11.9 Å². The number of halogens is 2. The number of benzene rings is 1. The number of carbonyl (C=O) groups is 1. The average Bonchev–Trinajstić information content (AvgIpc) is 2.15. The minimum absolute atomic E-state index is 0.0779. The van der Waals surface area contributed by atoms with Crippen LogP contribution in [-0.2, 0) is 4.79 Å². The number of aliphatic carboxylic acids is 1. The Labute approximate surface area is 79.4 Å². The lowest BCUT2D eigenvalue weighted by atomic mass is 10.2. The van der Waals surface area contributed by atoms with Crippen LogP contribution in [0.15, 0.2) is 24.3 Å². The van der Waals surface area contributed by atoms with Crippen LogP contribution in [0.3, 0.4) is 0 Å². The van der Waals surface area contributed by atoms with Crippen LogP contribution in [0.2, 0.25) is 0 Å². The molecular weight excluding hydrogens is 192 g/mol. The van der Waals surface area contributed by atoms with Gasteiger partial charge in [-0.15, -0.1) is 0 Å². The monoisotopic (exact) mass is 201 g/mol. The van der Waals surface area contributed by atoms with Gasteiger partial charge in [0.15, 0.2) is 0 Å². The lowest BCUT2D eigenvalue weighted by Crippen LogP contribution is -2.12. The molecular formula is C9H9F2NO2. The predicted molar refractivity (Wildman–Crippen MR) is 47.5 cm³/mol. The van der Waals surface area contributed by atoms with Gasteiger partial charge in [0.25, 0.3) is 6.43 Å². The Morgan fingerprint density at radius 1 is 1.36 bits per heavy atom. The maximum absolute atomic E-state index is 12.1. The summed E-state index contributed by atoms with van der Waals surface area (Å²) in [6.45, 7) is -0.228. The second-order valence-corrected chi connectivity index (χ2v) is 2.67. The molecule has 0 aliphatic carbocycles. The molecule has 2 N–H and O–H groups in total. The van der Waals surface area contributed by atoms with E-state index < -0.39 is 12.4 Å². The van der Waals surface area contributed by atoms with Gasteiger partial charge in [-0.25, -0.2) is 8.78 Å². The van der Waals surface area contributed by atoms with Crippen LogP contribution in [-0.4, -0.2) is 17.6 Å². The molecule has 0 atom stereocenters. The first-order valence-corrected chi connectivity index (χ1v) is 3.93. The number of carboxylic acids is 1. The molecule has 1 aromatic carbocycles. The molecule has 0 spiro atoms. The normalized spacial score (nSPS) is 10.2. The van der Waals surface area contributed by atoms with Crippen LogP contribution in [0.1, 0.15) is 12.0 Å². The quantitative estimate of drug-likeness (QED) is 0.784. The summed E-state index contributed by atoms with van der Waals surface area (Å²) < 4.78 is 24.2. The van der Waals surface area contributed by atoms with Crippen molar-refractivity contribution in [2.24, 2.45) is 0 Å². The minimum atomic E-state index is -2.50. The number of anilines is 1. The summed E-state index contributed by atoms with van der Waals surface area (Å²) in [5.74, 6) is -0.997. The van der Waals surface area contributed by atoms with E-state index in [1.54, 1.807) is 0 Å². The van der Waals surface area contributed by atoms with Crippen molar-refractivity contribution in [2.45, 2.75) is 6.43 Å². The number of carboxylic acid groups (broad SMARTS) is 1. The highest BCUT2D eigenvalue weighted by Gasteiger charge is 2.05. The molecule has 0 aliphatic rings. The largest absolute Gasteiger partial charge is 0.480 e. The van der Waals surface area contributed by atoms with Crippen LogP contribution < -0.4 is 5.32 Å². The maximum atomic E-state index is 12.1. The molecule has 1 rings (SSSR count). The second-order valence-electron chi connectivity index (χ2n) is 2.67. The third-order valence-corrected chi connectivity index (χ3v) is 1.61. The summed E-state index contributed by atoms with van der Waals surface area (Å²) in [7, 11) is 0. The van der Waals surface area contributed by atoms with Gasteiger partial charge in [0.05, 0.1) is 0 Å². The highest BCUT2D eigenvalue weighted by molar-refractivity contribution is 5.72. The molecule has 3 nitrogen and oxygen atoms in total. The summed E-state index contributed by atoms with van der Waals surface area (Å²) in [5.41, 5.74) is 0.433. The molecule has 1 aromatic rings. The van der Waals surface area contributed by atoms with Gasteiger partial charge in [-0.3, -0.25) is 4.79 Å². The topological polar surface area (TPSA) is 49.3 Å². The molecule has 0 fully saturated rings. The molecule has 0 aromatic heterocycles. The van der Waals surface area contributed by atoms with E-state index in [9.17, 15) is 13.6 Å². The maximum Gasteiger partial charge on any atom is 0.322 e. The molecule has 5 heteroatoms. The van der Waals surface area contributed by atoms with Crippen molar-refractivity contribution in [3.8, 4) is 0 Å². The molecule has 0 amide bonds. The number of hydrogen-bond donors (Lipinski definition) is 2. The minimum Gasteiger partial charge on any atom is -0.480 e. The van der Waals surface area contributed by atoms with Crippen LogP contribution in [0, 0.1) is 0 Å². The summed E-state index contributed by atoms with van der Waals surface area (Å²) in [6.07, 6.45) is -2.50. The Morgan fingerprint density at radius 2 is 1.93 bits per heavy atom. The molecule has 0 heterocycles. The Bertz CT molecular complexity index is 311. The zero-order valence-electron chi connectivity index (χ0n) is 7.21. The zero-order valence-corrected chi connectivity index (χ0v) is 7.21. The molecule has 14 heavy (non-hydrogen) atoms. The lowest BCUT2D eigenvalue weighted by Gasteiger charge is -2.04. The van der Waals surface area contributed by atoms with Crippen molar-refractivity contribution >= 4 is 11.7 Å². The van der Waals surface area contributed by atoms with Crippen LogP contribution in [0.25, 0.3) is 0 Å². The van der Waals surface area contributed by atoms with Crippen molar-refractivity contribution in [3.63, 3.8) is 0 Å². The van der Waals surface area contributed by atoms with Crippen molar-refractivity contribution in [3.05, 3.63) is 29.8 Å². The fourth-order valence-electron chi connectivity index (χ4n) is 0.924. The van der Waals surface area contributed by atoms with Crippen molar-refractivity contribution in [1.29, 1.82) is 0 Å². The van der Waals surface area contributed by atoms with E-state index >= 15 is 0 Å². The summed E-state index contributed by atoms with van der Waals surface area (Å²) >= 11 is 0. The average molecular weight is 201 g/mol. The van der Waals surface area contributed by atoms with Gasteiger partial charge in [0.2, 0.25) is 0 Å². The summed E-state index contributed by atoms with van der Waals surface area (Å²) in [6, 6.07) is 5.36. The standard InChI is InChI=1S/C9H9F2NO2/c10-9(11)6-1-3-7(4-2-6)12-5-8(13)14/h1-4,9,12H,5H2,(H,13,14). The molecule has 0 aliphatic heterocycles. The van der Waals surface area contributed by atoms with Crippen LogP contribution >= 0.6 is 0 Å². The predicted octanol–water partition coefficient (Wildman–Crippen LogP) is 2.12. The van der Waals surface area contributed by atoms with Crippen molar-refractivity contribution in [1.82, 2.24) is 0 Å². The number of nitrogens with one attached hydrogen (secondary N) is 1. The molecule has 0 bridgehead atoms. The molecule has 0 unspecified atom stereocenters.